The second kappa shape index (κ2) is 5.78. The molecular weight excluding hydrogens is 342 g/mol. The van der Waals surface area contributed by atoms with Crippen LogP contribution in [0.2, 0.25) is 0 Å². The molecule has 0 aliphatic carbocycles. The number of rotatable bonds is 3. The molecule has 1 aromatic carbocycles. The molecule has 0 unspecified atom stereocenters. The van der Waals surface area contributed by atoms with E-state index in [4.69, 9.17) is 0 Å². The Bertz CT molecular complexity index is 1100. The summed E-state index contributed by atoms with van der Waals surface area (Å²) in [6.45, 7) is 2.47. The number of nitrogens with zero attached hydrogens (tertiary/aromatic N) is 4. The van der Waals surface area contributed by atoms with Crippen molar-refractivity contribution >= 4 is 21.2 Å². The third-order valence-corrected chi connectivity index (χ3v) is 6.36. The number of benzene rings is 1. The molecule has 1 atom stereocenters. The number of sulfonamides is 1. The first-order valence-corrected chi connectivity index (χ1v) is 9.38. The van der Waals surface area contributed by atoms with Crippen molar-refractivity contribution in [1.29, 1.82) is 0 Å². The van der Waals surface area contributed by atoms with Crippen molar-refractivity contribution in [3.05, 3.63) is 52.8 Å². The summed E-state index contributed by atoms with van der Waals surface area (Å²) >= 11 is 0. The SMILES string of the molecule is Cc1cccc(S(=O)(=O)N2CC[C@@H](n3c(=O)[nH]c4cncnc43)C2)c1. The van der Waals surface area contributed by atoms with Gasteiger partial charge in [-0.3, -0.25) is 4.57 Å². The van der Waals surface area contributed by atoms with Crippen LogP contribution in [-0.4, -0.2) is 45.3 Å². The van der Waals surface area contributed by atoms with E-state index in [1.54, 1.807) is 18.2 Å². The summed E-state index contributed by atoms with van der Waals surface area (Å²) in [5, 5.41) is 0. The average molecular weight is 359 g/mol. The van der Waals surface area contributed by atoms with Crippen molar-refractivity contribution in [2.24, 2.45) is 0 Å². The van der Waals surface area contributed by atoms with E-state index < -0.39 is 10.0 Å². The standard InChI is InChI=1S/C16H17N5O3S/c1-11-3-2-4-13(7-11)25(23,24)20-6-5-12(9-20)21-15-14(19-16(21)22)8-17-10-18-15/h2-4,7-8,10,12H,5-6,9H2,1H3,(H,19,22)/t12-/m1/s1. The predicted molar refractivity (Wildman–Crippen MR) is 91.7 cm³/mol. The highest BCUT2D eigenvalue weighted by molar-refractivity contribution is 7.89. The number of H-pyrrole nitrogens is 1. The quantitative estimate of drug-likeness (QED) is 0.754. The van der Waals surface area contributed by atoms with Crippen molar-refractivity contribution in [1.82, 2.24) is 23.8 Å². The molecule has 130 valence electrons. The fraction of sp³-hybridized carbons (Fsp3) is 0.312. The maximum absolute atomic E-state index is 12.9. The second-order valence-corrected chi connectivity index (χ2v) is 8.12. The molecule has 0 saturated carbocycles. The van der Waals surface area contributed by atoms with Crippen LogP contribution >= 0.6 is 0 Å². The zero-order chi connectivity index (χ0) is 17.6. The summed E-state index contributed by atoms with van der Waals surface area (Å²) < 4.78 is 28.7. The highest BCUT2D eigenvalue weighted by atomic mass is 32.2. The number of aryl methyl sites for hydroxylation is 1. The van der Waals surface area contributed by atoms with Crippen molar-refractivity contribution in [2.45, 2.75) is 24.3 Å². The summed E-state index contributed by atoms with van der Waals surface area (Å²) in [5.41, 5.74) is 1.64. The molecule has 3 aromatic rings. The molecule has 1 aliphatic rings. The number of hydrogen-bond acceptors (Lipinski definition) is 5. The molecular formula is C16H17N5O3S. The lowest BCUT2D eigenvalue weighted by atomic mass is 10.2. The highest BCUT2D eigenvalue weighted by Gasteiger charge is 2.34. The van der Waals surface area contributed by atoms with Crippen molar-refractivity contribution in [3.63, 3.8) is 0 Å². The molecule has 1 aliphatic heterocycles. The Morgan fingerprint density at radius 1 is 1.32 bits per heavy atom. The number of aromatic nitrogens is 4. The fourth-order valence-electron chi connectivity index (χ4n) is 3.28. The molecule has 2 aromatic heterocycles. The Kier molecular flexibility index (Phi) is 3.69. The van der Waals surface area contributed by atoms with E-state index in [1.807, 2.05) is 13.0 Å². The Balaban J connectivity index is 1.67. The summed E-state index contributed by atoms with van der Waals surface area (Å²) in [4.78, 5) is 23.3. The normalized spacial score (nSPS) is 18.8. The van der Waals surface area contributed by atoms with Crippen molar-refractivity contribution < 1.29 is 8.42 Å². The van der Waals surface area contributed by atoms with Crippen LogP contribution in [0.25, 0.3) is 11.2 Å². The minimum absolute atomic E-state index is 0.243. The monoisotopic (exact) mass is 359 g/mol. The van der Waals surface area contributed by atoms with Crippen LogP contribution in [0.4, 0.5) is 0 Å². The maximum atomic E-state index is 12.9. The molecule has 1 saturated heterocycles. The summed E-state index contributed by atoms with van der Waals surface area (Å²) in [6, 6.07) is 6.60. The average Bonchev–Trinajstić information content (AvgIpc) is 3.18. The van der Waals surface area contributed by atoms with E-state index in [0.717, 1.165) is 5.56 Å². The van der Waals surface area contributed by atoms with Crippen LogP contribution in [-0.2, 0) is 10.0 Å². The smallest absolute Gasteiger partial charge is 0.303 e. The molecule has 25 heavy (non-hydrogen) atoms. The summed E-state index contributed by atoms with van der Waals surface area (Å²) in [7, 11) is -3.58. The third-order valence-electron chi connectivity index (χ3n) is 4.50. The molecule has 1 fully saturated rings. The predicted octanol–water partition coefficient (Wildman–Crippen LogP) is 1.06. The van der Waals surface area contributed by atoms with Gasteiger partial charge in [0.05, 0.1) is 17.1 Å². The minimum atomic E-state index is -3.58. The van der Waals surface area contributed by atoms with Gasteiger partial charge >= 0.3 is 5.69 Å². The molecule has 9 heteroatoms. The Morgan fingerprint density at radius 2 is 2.16 bits per heavy atom. The van der Waals surface area contributed by atoms with Crippen LogP contribution in [0.5, 0.6) is 0 Å². The summed E-state index contributed by atoms with van der Waals surface area (Å²) in [6.07, 6.45) is 3.47. The number of nitrogens with one attached hydrogen (secondary N) is 1. The van der Waals surface area contributed by atoms with Gasteiger partial charge in [-0.05, 0) is 31.0 Å². The minimum Gasteiger partial charge on any atom is -0.303 e. The van der Waals surface area contributed by atoms with Gasteiger partial charge in [0, 0.05) is 13.1 Å². The molecule has 0 bridgehead atoms. The van der Waals surface area contributed by atoms with Gasteiger partial charge in [0.25, 0.3) is 0 Å². The zero-order valence-corrected chi connectivity index (χ0v) is 14.4. The largest absolute Gasteiger partial charge is 0.328 e. The van der Waals surface area contributed by atoms with Gasteiger partial charge in [-0.25, -0.2) is 23.2 Å². The Labute approximate surface area is 144 Å². The second-order valence-electron chi connectivity index (χ2n) is 6.18. The highest BCUT2D eigenvalue weighted by Crippen LogP contribution is 2.28. The van der Waals surface area contributed by atoms with Gasteiger partial charge in [-0.1, -0.05) is 12.1 Å². The zero-order valence-electron chi connectivity index (χ0n) is 13.6. The molecule has 0 amide bonds. The Morgan fingerprint density at radius 3 is 2.96 bits per heavy atom. The fourth-order valence-corrected chi connectivity index (χ4v) is 4.88. The first-order chi connectivity index (χ1) is 12.0. The van der Waals surface area contributed by atoms with E-state index in [9.17, 15) is 13.2 Å². The van der Waals surface area contributed by atoms with Gasteiger partial charge in [0.1, 0.15) is 11.8 Å². The molecule has 8 nitrogen and oxygen atoms in total. The Hall–Kier alpha value is -2.52. The van der Waals surface area contributed by atoms with E-state index in [1.165, 1.54) is 21.4 Å². The van der Waals surface area contributed by atoms with E-state index >= 15 is 0 Å². The molecule has 3 heterocycles. The van der Waals surface area contributed by atoms with E-state index in [2.05, 4.69) is 15.0 Å². The van der Waals surface area contributed by atoms with Crippen LogP contribution < -0.4 is 5.69 Å². The van der Waals surface area contributed by atoms with Crippen LogP contribution in [0.15, 0.2) is 46.5 Å². The van der Waals surface area contributed by atoms with Gasteiger partial charge in [0.2, 0.25) is 10.0 Å². The molecule has 4 rings (SSSR count). The van der Waals surface area contributed by atoms with E-state index in [0.29, 0.717) is 24.1 Å². The molecule has 0 spiro atoms. The number of hydrogen-bond donors (Lipinski definition) is 1. The van der Waals surface area contributed by atoms with Gasteiger partial charge in [-0.2, -0.15) is 4.31 Å². The number of aromatic amines is 1. The summed E-state index contributed by atoms with van der Waals surface area (Å²) in [5.74, 6) is 0. The van der Waals surface area contributed by atoms with Crippen molar-refractivity contribution in [2.75, 3.05) is 13.1 Å². The third kappa shape index (κ3) is 2.65. The lowest BCUT2D eigenvalue weighted by Gasteiger charge is -2.17. The van der Waals surface area contributed by atoms with E-state index in [-0.39, 0.29) is 23.2 Å². The van der Waals surface area contributed by atoms with Crippen LogP contribution in [0.1, 0.15) is 18.0 Å². The van der Waals surface area contributed by atoms with Crippen LogP contribution in [0.3, 0.4) is 0 Å². The topological polar surface area (TPSA) is 101 Å². The van der Waals surface area contributed by atoms with Gasteiger partial charge in [-0.15, -0.1) is 0 Å². The molecule has 0 radical (unpaired) electrons. The van der Waals surface area contributed by atoms with Gasteiger partial charge < -0.3 is 4.98 Å². The first kappa shape index (κ1) is 16.0. The van der Waals surface area contributed by atoms with Gasteiger partial charge in [0.15, 0.2) is 5.65 Å². The lowest BCUT2D eigenvalue weighted by Crippen LogP contribution is -2.31. The lowest BCUT2D eigenvalue weighted by molar-refractivity contribution is 0.451. The number of fused-ring (bicyclic) bond motifs is 1. The molecule has 1 N–H and O–H groups in total. The van der Waals surface area contributed by atoms with Crippen LogP contribution in [0, 0.1) is 6.92 Å². The maximum Gasteiger partial charge on any atom is 0.328 e. The number of imidazole rings is 1. The van der Waals surface area contributed by atoms with Crippen molar-refractivity contribution in [3.8, 4) is 0 Å². The first-order valence-electron chi connectivity index (χ1n) is 7.94.